The van der Waals surface area contributed by atoms with E-state index in [1.54, 1.807) is 14.2 Å². The summed E-state index contributed by atoms with van der Waals surface area (Å²) in [5, 5.41) is 12.5. The Morgan fingerprint density at radius 3 is 2.74 bits per heavy atom. The summed E-state index contributed by atoms with van der Waals surface area (Å²) in [7, 11) is 3.29. The fraction of sp³-hybridized carbons (Fsp3) is 0.400. The number of hydrogen-bond acceptors (Lipinski definition) is 5. The first-order valence-corrected chi connectivity index (χ1v) is 8.53. The highest BCUT2D eigenvalue weighted by molar-refractivity contribution is 7.99. The van der Waals surface area contributed by atoms with E-state index in [1.807, 2.05) is 28.8 Å². The molecule has 0 aliphatic rings. The molecule has 8 heteroatoms. The first-order chi connectivity index (χ1) is 11.2. The lowest BCUT2D eigenvalue weighted by molar-refractivity contribution is -0.118. The van der Waals surface area contributed by atoms with Crippen LogP contribution in [0.15, 0.2) is 29.4 Å². The van der Waals surface area contributed by atoms with Crippen molar-refractivity contribution < 1.29 is 9.53 Å². The lowest BCUT2D eigenvalue weighted by atomic mass is 10.2. The van der Waals surface area contributed by atoms with Crippen LogP contribution in [0.1, 0.15) is 6.42 Å². The maximum Gasteiger partial charge on any atom is 0.230 e. The molecule has 0 fully saturated rings. The van der Waals surface area contributed by atoms with Crippen LogP contribution >= 0.6 is 23.4 Å². The highest BCUT2D eigenvalue weighted by Gasteiger charge is 2.15. The van der Waals surface area contributed by atoms with E-state index in [1.165, 1.54) is 11.8 Å². The molecule has 0 bridgehead atoms. The smallest absolute Gasteiger partial charge is 0.230 e. The average Bonchev–Trinajstić information content (AvgIpc) is 2.96. The van der Waals surface area contributed by atoms with Crippen molar-refractivity contribution in [3.05, 3.63) is 29.3 Å². The number of amides is 1. The fourth-order valence-electron chi connectivity index (χ4n) is 1.98. The minimum absolute atomic E-state index is 0.0468. The van der Waals surface area contributed by atoms with Gasteiger partial charge in [-0.05, 0) is 30.7 Å². The number of ether oxygens (including phenoxy) is 1. The highest BCUT2D eigenvalue weighted by atomic mass is 35.5. The van der Waals surface area contributed by atoms with Gasteiger partial charge in [-0.2, -0.15) is 0 Å². The minimum Gasteiger partial charge on any atom is -0.385 e. The van der Waals surface area contributed by atoms with Crippen LogP contribution in [-0.4, -0.2) is 47.2 Å². The third kappa shape index (κ3) is 4.95. The third-order valence-corrected chi connectivity index (χ3v) is 4.38. The zero-order chi connectivity index (χ0) is 16.7. The van der Waals surface area contributed by atoms with Crippen molar-refractivity contribution in [2.45, 2.75) is 18.1 Å². The van der Waals surface area contributed by atoms with Gasteiger partial charge in [0.05, 0.1) is 5.75 Å². The molecule has 0 atom stereocenters. The predicted octanol–water partition coefficient (Wildman–Crippen LogP) is 2.47. The van der Waals surface area contributed by atoms with E-state index in [2.05, 4.69) is 15.5 Å². The molecule has 6 nitrogen and oxygen atoms in total. The van der Waals surface area contributed by atoms with Crippen LogP contribution in [0.3, 0.4) is 0 Å². The van der Waals surface area contributed by atoms with Gasteiger partial charge in [-0.1, -0.05) is 23.4 Å². The Hall–Kier alpha value is -1.57. The molecule has 0 spiro atoms. The molecule has 1 heterocycles. The zero-order valence-corrected chi connectivity index (χ0v) is 14.7. The van der Waals surface area contributed by atoms with Crippen molar-refractivity contribution in [1.29, 1.82) is 0 Å². The number of carbonyl (C=O) groups excluding carboxylic acids is 1. The normalized spacial score (nSPS) is 10.7. The van der Waals surface area contributed by atoms with Gasteiger partial charge in [0, 0.05) is 37.9 Å². The lowest BCUT2D eigenvalue weighted by Crippen LogP contribution is -2.20. The summed E-state index contributed by atoms with van der Waals surface area (Å²) in [5.41, 5.74) is 0.936. The van der Waals surface area contributed by atoms with Gasteiger partial charge >= 0.3 is 0 Å². The molecule has 1 aromatic heterocycles. The lowest BCUT2D eigenvalue weighted by Gasteiger charge is -2.10. The van der Waals surface area contributed by atoms with Crippen LogP contribution in [-0.2, 0) is 16.1 Å². The highest BCUT2D eigenvalue weighted by Crippen LogP contribution is 2.25. The Bertz CT molecular complexity index is 645. The monoisotopic (exact) mass is 354 g/mol. The predicted molar refractivity (Wildman–Crippen MR) is 91.8 cm³/mol. The molecule has 1 N–H and O–H groups in total. The Labute approximate surface area is 144 Å². The van der Waals surface area contributed by atoms with Gasteiger partial charge in [0.1, 0.15) is 0 Å². The van der Waals surface area contributed by atoms with Gasteiger partial charge in [-0.3, -0.25) is 4.79 Å². The number of carbonyl (C=O) groups is 1. The second kappa shape index (κ2) is 8.90. The van der Waals surface area contributed by atoms with E-state index in [-0.39, 0.29) is 5.91 Å². The van der Waals surface area contributed by atoms with Gasteiger partial charge in [0.2, 0.25) is 5.91 Å². The summed E-state index contributed by atoms with van der Waals surface area (Å²) in [6.07, 6.45) is 0.836. The molecule has 1 aromatic carbocycles. The van der Waals surface area contributed by atoms with Crippen LogP contribution in [0.5, 0.6) is 0 Å². The fourth-order valence-corrected chi connectivity index (χ4v) is 2.94. The molecule has 1 amide bonds. The van der Waals surface area contributed by atoms with Gasteiger partial charge < -0.3 is 14.6 Å². The molecule has 0 aliphatic carbocycles. The van der Waals surface area contributed by atoms with Crippen LogP contribution in [0.2, 0.25) is 5.02 Å². The van der Waals surface area contributed by atoms with Gasteiger partial charge in [-0.15, -0.1) is 10.2 Å². The minimum atomic E-state index is -0.0468. The summed E-state index contributed by atoms with van der Waals surface area (Å²) in [6, 6.07) is 7.46. The second-order valence-corrected chi connectivity index (χ2v) is 6.15. The number of halogens is 1. The Balaban J connectivity index is 2.24. The molecule has 2 aromatic rings. The largest absolute Gasteiger partial charge is 0.385 e. The van der Waals surface area contributed by atoms with E-state index in [4.69, 9.17) is 16.3 Å². The molecule has 2 rings (SSSR count). The molecule has 124 valence electrons. The maximum atomic E-state index is 11.4. The molecule has 0 aliphatic heterocycles. The van der Waals surface area contributed by atoms with Crippen molar-refractivity contribution in [1.82, 2.24) is 20.1 Å². The van der Waals surface area contributed by atoms with Crippen LogP contribution < -0.4 is 5.32 Å². The van der Waals surface area contributed by atoms with Gasteiger partial charge in [0.25, 0.3) is 0 Å². The van der Waals surface area contributed by atoms with Gasteiger partial charge in [0.15, 0.2) is 11.0 Å². The van der Waals surface area contributed by atoms with E-state index in [0.29, 0.717) is 17.4 Å². The summed E-state index contributed by atoms with van der Waals surface area (Å²) in [6.45, 7) is 1.37. The summed E-state index contributed by atoms with van der Waals surface area (Å²) in [5.74, 6) is 1.02. The average molecular weight is 355 g/mol. The Morgan fingerprint density at radius 1 is 1.35 bits per heavy atom. The van der Waals surface area contributed by atoms with E-state index >= 15 is 0 Å². The topological polar surface area (TPSA) is 69.0 Å². The van der Waals surface area contributed by atoms with Crippen molar-refractivity contribution >= 4 is 29.3 Å². The standard InChI is InChI=1S/C15H19ClN4O2S/c1-17-13(21)10-23-15-19-18-14(20(15)8-3-9-22-2)11-4-6-12(16)7-5-11/h4-7H,3,8-10H2,1-2H3,(H,17,21). The van der Waals surface area contributed by atoms with Crippen LogP contribution in [0.4, 0.5) is 0 Å². The van der Waals surface area contributed by atoms with Crippen molar-refractivity contribution in [2.24, 2.45) is 0 Å². The Morgan fingerprint density at radius 2 is 2.09 bits per heavy atom. The van der Waals surface area contributed by atoms with E-state index in [0.717, 1.165) is 29.5 Å². The number of rotatable bonds is 8. The summed E-state index contributed by atoms with van der Waals surface area (Å²) >= 11 is 7.31. The third-order valence-electron chi connectivity index (χ3n) is 3.16. The molecule has 0 saturated carbocycles. The molecule has 0 unspecified atom stereocenters. The number of methoxy groups -OCH3 is 1. The molecule has 23 heavy (non-hydrogen) atoms. The first kappa shape index (κ1) is 17.8. The van der Waals surface area contributed by atoms with Gasteiger partial charge in [-0.25, -0.2) is 0 Å². The molecular weight excluding hydrogens is 336 g/mol. The number of thioether (sulfide) groups is 1. The molecule has 0 radical (unpaired) electrons. The molecular formula is C15H19ClN4O2S. The van der Waals surface area contributed by atoms with Crippen molar-refractivity contribution in [3.63, 3.8) is 0 Å². The maximum absolute atomic E-state index is 11.4. The number of benzene rings is 1. The SMILES string of the molecule is CNC(=O)CSc1nnc(-c2ccc(Cl)cc2)n1CCCOC. The Kier molecular flexibility index (Phi) is 6.88. The molecule has 0 saturated heterocycles. The van der Waals surface area contributed by atoms with E-state index < -0.39 is 0 Å². The number of hydrogen-bond donors (Lipinski definition) is 1. The van der Waals surface area contributed by atoms with Crippen molar-refractivity contribution in [3.8, 4) is 11.4 Å². The summed E-state index contributed by atoms with van der Waals surface area (Å²) < 4.78 is 7.12. The number of nitrogens with one attached hydrogen (secondary N) is 1. The first-order valence-electron chi connectivity index (χ1n) is 7.17. The van der Waals surface area contributed by atoms with E-state index in [9.17, 15) is 4.79 Å². The number of nitrogens with zero attached hydrogens (tertiary/aromatic N) is 3. The second-order valence-electron chi connectivity index (χ2n) is 4.77. The van der Waals surface area contributed by atoms with Crippen LogP contribution in [0, 0.1) is 0 Å². The quantitative estimate of drug-likeness (QED) is 0.582. The van der Waals surface area contributed by atoms with Crippen molar-refractivity contribution in [2.75, 3.05) is 26.5 Å². The van der Waals surface area contributed by atoms with Crippen LogP contribution in [0.25, 0.3) is 11.4 Å². The summed E-state index contributed by atoms with van der Waals surface area (Å²) in [4.78, 5) is 11.4. The number of aromatic nitrogens is 3. The zero-order valence-electron chi connectivity index (χ0n) is 13.1.